The maximum Gasteiger partial charge on any atom is 0.360 e. The van der Waals surface area contributed by atoms with Gasteiger partial charge in [0.25, 0.3) is 11.5 Å². The summed E-state index contributed by atoms with van der Waals surface area (Å²) in [6.07, 6.45) is 3.82. The number of carbonyl (C=O) groups excluding carboxylic acids is 2. The van der Waals surface area contributed by atoms with E-state index in [9.17, 15) is 14.4 Å². The number of carbonyl (C=O) groups is 2. The highest BCUT2D eigenvalue weighted by Gasteiger charge is 2.28. The van der Waals surface area contributed by atoms with E-state index in [0.717, 1.165) is 32.1 Å². The predicted molar refractivity (Wildman–Crippen MR) is 115 cm³/mol. The van der Waals surface area contributed by atoms with Gasteiger partial charge in [-0.15, -0.1) is 0 Å². The molecule has 0 radical (unpaired) electrons. The van der Waals surface area contributed by atoms with Crippen molar-refractivity contribution in [1.82, 2.24) is 14.7 Å². The lowest BCUT2D eigenvalue weighted by atomic mass is 9.99. The van der Waals surface area contributed by atoms with Crippen molar-refractivity contribution < 1.29 is 14.3 Å². The topological polar surface area (TPSA) is 81.5 Å². The van der Waals surface area contributed by atoms with Gasteiger partial charge in [-0.25, -0.2) is 9.48 Å². The van der Waals surface area contributed by atoms with Crippen LogP contribution in [0.15, 0.2) is 29.1 Å². The van der Waals surface area contributed by atoms with Crippen molar-refractivity contribution in [2.45, 2.75) is 65.5 Å². The zero-order valence-corrected chi connectivity index (χ0v) is 18.1. The van der Waals surface area contributed by atoms with Gasteiger partial charge >= 0.3 is 5.97 Å². The first-order chi connectivity index (χ1) is 14.4. The Labute approximate surface area is 177 Å². The molecule has 7 heteroatoms. The Morgan fingerprint density at radius 1 is 1.17 bits per heavy atom. The lowest BCUT2D eigenvalue weighted by Gasteiger charge is -2.31. The van der Waals surface area contributed by atoms with Gasteiger partial charge in [0.05, 0.1) is 5.39 Å². The molecule has 0 spiro atoms. The van der Waals surface area contributed by atoms with Crippen LogP contribution < -0.4 is 5.56 Å². The predicted octanol–water partition coefficient (Wildman–Crippen LogP) is 3.39. The molecule has 162 valence electrons. The largest absolute Gasteiger partial charge is 0.448 e. The van der Waals surface area contributed by atoms with Crippen LogP contribution in [0.2, 0.25) is 0 Å². The zero-order valence-electron chi connectivity index (χ0n) is 18.1. The number of rotatable bonds is 7. The van der Waals surface area contributed by atoms with Crippen LogP contribution in [0.4, 0.5) is 0 Å². The van der Waals surface area contributed by atoms with Crippen molar-refractivity contribution in [2.24, 2.45) is 5.92 Å². The maximum atomic E-state index is 12.9. The molecule has 0 N–H and O–H groups in total. The lowest BCUT2D eigenvalue weighted by Crippen LogP contribution is -2.44. The molecule has 2 heterocycles. The molecule has 0 saturated carbocycles. The van der Waals surface area contributed by atoms with Crippen LogP contribution in [0.3, 0.4) is 0 Å². The van der Waals surface area contributed by atoms with Gasteiger partial charge in [-0.1, -0.05) is 44.9 Å². The Morgan fingerprint density at radius 2 is 1.83 bits per heavy atom. The van der Waals surface area contributed by atoms with Crippen molar-refractivity contribution >= 4 is 22.6 Å². The average molecular weight is 414 g/mol. The summed E-state index contributed by atoms with van der Waals surface area (Å²) in [4.78, 5) is 40.1. The molecule has 2 aromatic rings. The number of ether oxygens (including phenoxy) is 1. The first kappa shape index (κ1) is 22.0. The minimum atomic E-state index is -0.896. The molecule has 1 aliphatic rings. The molecule has 1 unspecified atom stereocenters. The second kappa shape index (κ2) is 9.87. The molecule has 1 aromatic carbocycles. The third-order valence-corrected chi connectivity index (χ3v) is 5.76. The number of piperidine rings is 1. The van der Waals surface area contributed by atoms with Gasteiger partial charge in [0.1, 0.15) is 0 Å². The van der Waals surface area contributed by atoms with E-state index in [2.05, 4.69) is 18.9 Å². The minimum Gasteiger partial charge on any atom is -0.448 e. The average Bonchev–Trinajstić information content (AvgIpc) is 2.75. The van der Waals surface area contributed by atoms with Crippen LogP contribution in [0.1, 0.15) is 63.4 Å². The summed E-state index contributed by atoms with van der Waals surface area (Å²) in [5, 5.41) is 5.19. The molecule has 1 amide bonds. The summed E-state index contributed by atoms with van der Waals surface area (Å²) in [6, 6.07) is 6.90. The van der Waals surface area contributed by atoms with E-state index in [4.69, 9.17) is 4.74 Å². The standard InChI is InChI=1S/C23H31N3O4/c1-4-5-8-13-26-22(28)19-10-7-6-9-18(19)20(24-26)23(29)30-17(3)21(27)25-14-11-16(2)12-15-25/h6-7,9-10,16-17H,4-5,8,11-15H2,1-3H3. The number of unbranched alkanes of at least 4 members (excludes halogenated alkanes) is 2. The van der Waals surface area contributed by atoms with E-state index in [1.165, 1.54) is 4.68 Å². The number of esters is 1. The van der Waals surface area contributed by atoms with E-state index in [1.54, 1.807) is 36.1 Å². The van der Waals surface area contributed by atoms with E-state index in [1.807, 2.05) is 0 Å². The molecular formula is C23H31N3O4. The summed E-state index contributed by atoms with van der Waals surface area (Å²) < 4.78 is 6.84. The Kier molecular flexibility index (Phi) is 7.24. The highest BCUT2D eigenvalue weighted by atomic mass is 16.5. The molecule has 1 saturated heterocycles. The van der Waals surface area contributed by atoms with Gasteiger partial charge in [0, 0.05) is 25.0 Å². The Morgan fingerprint density at radius 3 is 2.50 bits per heavy atom. The second-order valence-corrected chi connectivity index (χ2v) is 8.18. The van der Waals surface area contributed by atoms with Gasteiger partial charge < -0.3 is 9.64 Å². The van der Waals surface area contributed by atoms with Gasteiger partial charge in [-0.05, 0) is 38.2 Å². The Bertz CT molecular complexity index is 961. The summed E-state index contributed by atoms with van der Waals surface area (Å²) in [5.41, 5.74) is -0.140. The number of amides is 1. The third kappa shape index (κ3) is 4.89. The molecule has 0 bridgehead atoms. The van der Waals surface area contributed by atoms with E-state index >= 15 is 0 Å². The third-order valence-electron chi connectivity index (χ3n) is 5.76. The first-order valence-corrected chi connectivity index (χ1v) is 10.9. The van der Waals surface area contributed by atoms with Crippen molar-refractivity contribution in [3.8, 4) is 0 Å². The first-order valence-electron chi connectivity index (χ1n) is 10.9. The molecule has 1 atom stereocenters. The molecule has 1 aliphatic heterocycles. The Hall–Kier alpha value is -2.70. The second-order valence-electron chi connectivity index (χ2n) is 8.18. The van der Waals surface area contributed by atoms with Gasteiger partial charge in [-0.3, -0.25) is 9.59 Å². The molecule has 1 aromatic heterocycles. The number of hydrogen-bond donors (Lipinski definition) is 0. The summed E-state index contributed by atoms with van der Waals surface area (Å²) >= 11 is 0. The fourth-order valence-electron chi connectivity index (χ4n) is 3.80. The Balaban J connectivity index is 1.82. The molecule has 30 heavy (non-hydrogen) atoms. The van der Waals surface area contributed by atoms with E-state index in [0.29, 0.717) is 36.3 Å². The SMILES string of the molecule is CCCCCn1nc(C(=O)OC(C)C(=O)N2CCC(C)CC2)c2ccccc2c1=O. The molecule has 1 fully saturated rings. The van der Waals surface area contributed by atoms with Crippen LogP contribution in [0, 0.1) is 5.92 Å². The number of nitrogens with zero attached hydrogens (tertiary/aromatic N) is 3. The number of aryl methyl sites for hydroxylation is 1. The van der Waals surface area contributed by atoms with Crippen LogP contribution in [0.5, 0.6) is 0 Å². The highest BCUT2D eigenvalue weighted by Crippen LogP contribution is 2.19. The van der Waals surface area contributed by atoms with Crippen LogP contribution in [-0.2, 0) is 16.1 Å². The summed E-state index contributed by atoms with van der Waals surface area (Å²) in [6.45, 7) is 7.67. The zero-order chi connectivity index (χ0) is 21.7. The number of fused-ring (bicyclic) bond motifs is 1. The molecule has 3 rings (SSSR count). The van der Waals surface area contributed by atoms with Gasteiger partial charge in [0.2, 0.25) is 0 Å². The van der Waals surface area contributed by atoms with Crippen LogP contribution >= 0.6 is 0 Å². The fraction of sp³-hybridized carbons (Fsp3) is 0.565. The smallest absolute Gasteiger partial charge is 0.360 e. The maximum absolute atomic E-state index is 12.9. The van der Waals surface area contributed by atoms with Crippen molar-refractivity contribution in [3.63, 3.8) is 0 Å². The van der Waals surface area contributed by atoms with Gasteiger partial charge in [-0.2, -0.15) is 5.10 Å². The molecule has 7 nitrogen and oxygen atoms in total. The van der Waals surface area contributed by atoms with Crippen molar-refractivity contribution in [1.29, 1.82) is 0 Å². The number of hydrogen-bond acceptors (Lipinski definition) is 5. The summed E-state index contributed by atoms with van der Waals surface area (Å²) in [7, 11) is 0. The lowest BCUT2D eigenvalue weighted by molar-refractivity contribution is -0.141. The quantitative estimate of drug-likeness (QED) is 0.513. The highest BCUT2D eigenvalue weighted by molar-refractivity contribution is 6.02. The monoisotopic (exact) mass is 413 g/mol. The van der Waals surface area contributed by atoms with Crippen molar-refractivity contribution in [3.05, 3.63) is 40.3 Å². The molecule has 0 aliphatic carbocycles. The normalized spacial score (nSPS) is 15.9. The summed E-state index contributed by atoms with van der Waals surface area (Å²) in [5.74, 6) is -0.256. The fourth-order valence-corrected chi connectivity index (χ4v) is 3.80. The molecular weight excluding hydrogens is 382 g/mol. The number of aromatic nitrogens is 2. The minimum absolute atomic E-state index is 0.0774. The van der Waals surface area contributed by atoms with E-state index in [-0.39, 0.29) is 17.2 Å². The van der Waals surface area contributed by atoms with Crippen LogP contribution in [-0.4, -0.2) is 45.8 Å². The number of benzene rings is 1. The van der Waals surface area contributed by atoms with Gasteiger partial charge in [0.15, 0.2) is 11.8 Å². The van der Waals surface area contributed by atoms with Crippen LogP contribution in [0.25, 0.3) is 10.8 Å². The van der Waals surface area contributed by atoms with Crippen molar-refractivity contribution in [2.75, 3.05) is 13.1 Å². The van der Waals surface area contributed by atoms with E-state index < -0.39 is 12.1 Å². The number of likely N-dealkylation sites (tertiary alicyclic amines) is 1.